The Kier molecular flexibility index (Phi) is 4.36. The van der Waals surface area contributed by atoms with Crippen LogP contribution in [0.15, 0.2) is 73.4 Å². The van der Waals surface area contributed by atoms with E-state index in [1.54, 1.807) is 50.2 Å². The van der Waals surface area contributed by atoms with Crippen molar-refractivity contribution in [1.29, 1.82) is 0 Å². The van der Waals surface area contributed by atoms with Gasteiger partial charge in [-0.1, -0.05) is 12.1 Å². The van der Waals surface area contributed by atoms with Crippen molar-refractivity contribution in [3.63, 3.8) is 0 Å². The van der Waals surface area contributed by atoms with Crippen molar-refractivity contribution in [3.05, 3.63) is 79.3 Å². The van der Waals surface area contributed by atoms with Crippen LogP contribution < -0.4 is 4.74 Å². The molecule has 0 aliphatic heterocycles. The summed E-state index contributed by atoms with van der Waals surface area (Å²) in [6.07, 6.45) is 8.72. The zero-order chi connectivity index (χ0) is 22.4. The topological polar surface area (TPSA) is 92.4 Å². The number of pyridine rings is 3. The van der Waals surface area contributed by atoms with Gasteiger partial charge >= 0.3 is 0 Å². The Labute approximate surface area is 187 Å². The number of hydrogen-bond donors (Lipinski definition) is 2. The lowest BCUT2D eigenvalue weighted by Crippen LogP contribution is -1.88. The molecule has 0 atom stereocenters. The third-order valence-electron chi connectivity index (χ3n) is 5.65. The lowest BCUT2D eigenvalue weighted by Gasteiger charge is -2.04. The Morgan fingerprint density at radius 1 is 0.818 bits per heavy atom. The second kappa shape index (κ2) is 7.52. The molecule has 33 heavy (non-hydrogen) atoms. The molecule has 7 nitrogen and oxygen atoms in total. The molecule has 6 aromatic rings. The van der Waals surface area contributed by atoms with Crippen molar-refractivity contribution in [3.8, 4) is 39.5 Å². The summed E-state index contributed by atoms with van der Waals surface area (Å²) >= 11 is 0. The normalized spacial score (nSPS) is 11.3. The largest absolute Gasteiger partial charge is 0.495 e. The monoisotopic (exact) mass is 436 g/mol. The first kappa shape index (κ1) is 19.1. The molecule has 0 aliphatic carbocycles. The summed E-state index contributed by atoms with van der Waals surface area (Å²) in [6.45, 7) is 0. The highest BCUT2D eigenvalue weighted by atomic mass is 19.1. The Morgan fingerprint density at radius 2 is 1.67 bits per heavy atom. The molecular formula is C25H17FN6O. The van der Waals surface area contributed by atoms with Crippen LogP contribution in [0.4, 0.5) is 4.39 Å². The summed E-state index contributed by atoms with van der Waals surface area (Å²) in [5.74, 6) is 0.394. The van der Waals surface area contributed by atoms with Gasteiger partial charge in [0.1, 0.15) is 17.3 Å². The fourth-order valence-electron chi connectivity index (χ4n) is 3.99. The fourth-order valence-corrected chi connectivity index (χ4v) is 3.99. The van der Waals surface area contributed by atoms with Crippen LogP contribution in [0, 0.1) is 5.82 Å². The zero-order valence-electron chi connectivity index (χ0n) is 17.5. The van der Waals surface area contributed by atoms with Crippen LogP contribution in [0.1, 0.15) is 0 Å². The molecule has 0 radical (unpaired) electrons. The maximum Gasteiger partial charge on any atom is 0.137 e. The molecule has 0 saturated heterocycles. The molecule has 5 heterocycles. The number of ether oxygens (including phenoxy) is 1. The highest BCUT2D eigenvalue weighted by Crippen LogP contribution is 2.34. The SMILES string of the molecule is COc1cncc(-c2cc3c(-c4cc5c(-c6ccc(F)cc6)cncc5[nH]4)n[nH]c3cn2)c1. The van der Waals surface area contributed by atoms with Crippen molar-refractivity contribution in [2.75, 3.05) is 7.11 Å². The average Bonchev–Trinajstić information content (AvgIpc) is 3.48. The van der Waals surface area contributed by atoms with Gasteiger partial charge in [-0.2, -0.15) is 5.10 Å². The highest BCUT2D eigenvalue weighted by molar-refractivity contribution is 6.01. The first-order chi connectivity index (χ1) is 16.2. The minimum atomic E-state index is -0.271. The minimum Gasteiger partial charge on any atom is -0.495 e. The maximum atomic E-state index is 13.4. The Morgan fingerprint density at radius 3 is 2.52 bits per heavy atom. The van der Waals surface area contributed by atoms with Crippen LogP contribution in [0.5, 0.6) is 5.75 Å². The smallest absolute Gasteiger partial charge is 0.137 e. The summed E-state index contributed by atoms with van der Waals surface area (Å²) in [7, 11) is 1.61. The third-order valence-corrected chi connectivity index (χ3v) is 5.65. The van der Waals surface area contributed by atoms with Gasteiger partial charge in [0.15, 0.2) is 0 Å². The van der Waals surface area contributed by atoms with Crippen LogP contribution in [-0.4, -0.2) is 37.2 Å². The fraction of sp³-hybridized carbons (Fsp3) is 0.0400. The number of methoxy groups -OCH3 is 1. The van der Waals surface area contributed by atoms with Crippen LogP contribution in [0.25, 0.3) is 55.6 Å². The van der Waals surface area contributed by atoms with Crippen molar-refractivity contribution in [2.24, 2.45) is 0 Å². The van der Waals surface area contributed by atoms with E-state index >= 15 is 0 Å². The standard InChI is InChI=1S/C25H17FN6O/c1-33-17-6-15(9-27-10-17)21-8-19-24(13-29-21)31-32-25(19)22-7-18-20(11-28-12-23(18)30-22)14-2-4-16(26)5-3-14/h2-13,30H,1H3,(H,31,32). The first-order valence-electron chi connectivity index (χ1n) is 10.3. The second-order valence-electron chi connectivity index (χ2n) is 7.64. The molecule has 160 valence electrons. The molecule has 1 aromatic carbocycles. The van der Waals surface area contributed by atoms with E-state index in [0.717, 1.165) is 55.6 Å². The van der Waals surface area contributed by atoms with Crippen LogP contribution >= 0.6 is 0 Å². The van der Waals surface area contributed by atoms with Gasteiger partial charge in [0.05, 0.1) is 48.1 Å². The van der Waals surface area contributed by atoms with E-state index < -0.39 is 0 Å². The van der Waals surface area contributed by atoms with Gasteiger partial charge in [-0.25, -0.2) is 4.39 Å². The number of aromatic amines is 2. The van der Waals surface area contributed by atoms with E-state index in [4.69, 9.17) is 4.74 Å². The molecule has 0 unspecified atom stereocenters. The predicted molar refractivity (Wildman–Crippen MR) is 124 cm³/mol. The summed E-state index contributed by atoms with van der Waals surface area (Å²) in [4.78, 5) is 16.5. The Hall–Kier alpha value is -4.59. The van der Waals surface area contributed by atoms with E-state index in [9.17, 15) is 4.39 Å². The number of rotatable bonds is 4. The van der Waals surface area contributed by atoms with Gasteiger partial charge in [-0.3, -0.25) is 20.1 Å². The van der Waals surface area contributed by atoms with E-state index in [1.807, 2.05) is 18.2 Å². The average molecular weight is 436 g/mol. The lowest BCUT2D eigenvalue weighted by atomic mass is 10.0. The van der Waals surface area contributed by atoms with Gasteiger partial charge in [0.2, 0.25) is 0 Å². The Bertz CT molecular complexity index is 1620. The molecule has 0 bridgehead atoms. The van der Waals surface area contributed by atoms with Crippen LogP contribution in [0.3, 0.4) is 0 Å². The highest BCUT2D eigenvalue weighted by Gasteiger charge is 2.15. The predicted octanol–water partition coefficient (Wildman–Crippen LogP) is 5.38. The molecule has 2 N–H and O–H groups in total. The van der Waals surface area contributed by atoms with E-state index in [2.05, 4.69) is 30.1 Å². The molecule has 6 rings (SSSR count). The molecular weight excluding hydrogens is 419 g/mol. The molecule has 0 saturated carbocycles. The molecule has 0 aliphatic rings. The van der Waals surface area contributed by atoms with Crippen LogP contribution in [-0.2, 0) is 0 Å². The minimum absolute atomic E-state index is 0.271. The Balaban J connectivity index is 1.48. The maximum absolute atomic E-state index is 13.4. The van der Waals surface area contributed by atoms with Gasteiger partial charge in [-0.05, 0) is 35.9 Å². The quantitative estimate of drug-likeness (QED) is 0.387. The number of hydrogen-bond acceptors (Lipinski definition) is 5. The number of fused-ring (bicyclic) bond motifs is 2. The molecule has 5 aromatic heterocycles. The van der Waals surface area contributed by atoms with Gasteiger partial charge in [-0.15, -0.1) is 0 Å². The van der Waals surface area contributed by atoms with Gasteiger partial charge < -0.3 is 9.72 Å². The summed E-state index contributed by atoms with van der Waals surface area (Å²) in [6, 6.07) is 12.3. The van der Waals surface area contributed by atoms with E-state index in [1.165, 1.54) is 12.1 Å². The summed E-state index contributed by atoms with van der Waals surface area (Å²) in [5.41, 5.74) is 6.72. The number of halogens is 1. The molecule has 8 heteroatoms. The van der Waals surface area contributed by atoms with Crippen LogP contribution in [0.2, 0.25) is 0 Å². The summed E-state index contributed by atoms with van der Waals surface area (Å²) < 4.78 is 18.7. The number of nitrogens with one attached hydrogen (secondary N) is 2. The number of nitrogens with zero attached hydrogens (tertiary/aromatic N) is 4. The number of aromatic nitrogens is 6. The summed E-state index contributed by atoms with van der Waals surface area (Å²) in [5, 5.41) is 9.49. The molecule has 0 amide bonds. The van der Waals surface area contributed by atoms with E-state index in [-0.39, 0.29) is 5.82 Å². The molecule has 0 fully saturated rings. The second-order valence-corrected chi connectivity index (χ2v) is 7.64. The van der Waals surface area contributed by atoms with Gasteiger partial charge in [0.25, 0.3) is 0 Å². The van der Waals surface area contributed by atoms with Crippen molar-refractivity contribution in [1.82, 2.24) is 30.1 Å². The lowest BCUT2D eigenvalue weighted by molar-refractivity contribution is 0.413. The number of H-pyrrole nitrogens is 2. The van der Waals surface area contributed by atoms with Crippen molar-refractivity contribution in [2.45, 2.75) is 0 Å². The third kappa shape index (κ3) is 3.28. The van der Waals surface area contributed by atoms with Crippen molar-refractivity contribution < 1.29 is 9.13 Å². The molecule has 0 spiro atoms. The zero-order valence-corrected chi connectivity index (χ0v) is 17.5. The van der Waals surface area contributed by atoms with E-state index in [0.29, 0.717) is 5.75 Å². The first-order valence-corrected chi connectivity index (χ1v) is 10.3. The number of benzene rings is 1. The van der Waals surface area contributed by atoms with Gasteiger partial charge in [0, 0.05) is 34.3 Å². The van der Waals surface area contributed by atoms with Crippen molar-refractivity contribution >= 4 is 21.8 Å².